The highest BCUT2D eigenvalue weighted by Gasteiger charge is 2.17. The van der Waals surface area contributed by atoms with Crippen molar-refractivity contribution in [1.82, 2.24) is 20.3 Å². The molecule has 0 saturated carbocycles. The quantitative estimate of drug-likeness (QED) is 0.788. The number of halogens is 1. The Bertz CT molecular complexity index is 766. The molecule has 1 unspecified atom stereocenters. The second kappa shape index (κ2) is 5.95. The van der Waals surface area contributed by atoms with Crippen LogP contribution in [0.1, 0.15) is 24.2 Å². The molecular formula is C16H17BrN4. The normalized spacial score (nSPS) is 12.7. The van der Waals surface area contributed by atoms with Gasteiger partial charge >= 0.3 is 0 Å². The van der Waals surface area contributed by atoms with E-state index in [4.69, 9.17) is 0 Å². The topological polar surface area (TPSA) is 42.7 Å². The first kappa shape index (κ1) is 14.2. The van der Waals surface area contributed by atoms with Gasteiger partial charge in [-0.3, -0.25) is 4.68 Å². The molecule has 0 aliphatic heterocycles. The highest BCUT2D eigenvalue weighted by molar-refractivity contribution is 9.10. The van der Waals surface area contributed by atoms with Crippen LogP contribution in [0.25, 0.3) is 10.8 Å². The van der Waals surface area contributed by atoms with Gasteiger partial charge in [-0.25, -0.2) is 0 Å². The maximum absolute atomic E-state index is 4.04. The molecule has 0 saturated heterocycles. The van der Waals surface area contributed by atoms with E-state index in [1.54, 1.807) is 0 Å². The van der Waals surface area contributed by atoms with Crippen molar-refractivity contribution in [1.29, 1.82) is 0 Å². The van der Waals surface area contributed by atoms with E-state index in [2.05, 4.69) is 74.9 Å². The standard InChI is InChI=1S/C16H17BrN4/c1-3-18-16(15-10-19-20-21(15)2)13-5-4-12-9-14(17)7-6-11(12)8-13/h4-10,16,18H,3H2,1-2H3. The van der Waals surface area contributed by atoms with Gasteiger partial charge in [0.25, 0.3) is 0 Å². The number of hydrogen-bond acceptors (Lipinski definition) is 3. The van der Waals surface area contributed by atoms with E-state index in [1.807, 2.05) is 17.9 Å². The van der Waals surface area contributed by atoms with Gasteiger partial charge in [0.05, 0.1) is 17.9 Å². The molecule has 0 fully saturated rings. The Balaban J connectivity index is 2.07. The zero-order chi connectivity index (χ0) is 14.8. The highest BCUT2D eigenvalue weighted by atomic mass is 79.9. The van der Waals surface area contributed by atoms with Gasteiger partial charge in [0.15, 0.2) is 0 Å². The smallest absolute Gasteiger partial charge is 0.0798 e. The average molecular weight is 345 g/mol. The molecule has 0 aliphatic carbocycles. The molecule has 3 aromatic rings. The van der Waals surface area contributed by atoms with Gasteiger partial charge in [0.2, 0.25) is 0 Å². The van der Waals surface area contributed by atoms with Crippen LogP contribution in [0.2, 0.25) is 0 Å². The van der Waals surface area contributed by atoms with Crippen LogP contribution < -0.4 is 5.32 Å². The van der Waals surface area contributed by atoms with Gasteiger partial charge in [0, 0.05) is 11.5 Å². The third-order valence-electron chi connectivity index (χ3n) is 3.61. The first-order valence-electron chi connectivity index (χ1n) is 6.96. The Hall–Kier alpha value is -1.72. The summed E-state index contributed by atoms with van der Waals surface area (Å²) in [6.45, 7) is 2.99. The summed E-state index contributed by atoms with van der Waals surface area (Å²) >= 11 is 3.51. The van der Waals surface area contributed by atoms with E-state index in [-0.39, 0.29) is 6.04 Å². The minimum atomic E-state index is 0.100. The minimum Gasteiger partial charge on any atom is -0.305 e. The summed E-state index contributed by atoms with van der Waals surface area (Å²) < 4.78 is 2.92. The lowest BCUT2D eigenvalue weighted by Crippen LogP contribution is -2.24. The number of aromatic nitrogens is 3. The van der Waals surface area contributed by atoms with Gasteiger partial charge in [-0.2, -0.15) is 0 Å². The summed E-state index contributed by atoms with van der Waals surface area (Å²) in [4.78, 5) is 0. The number of nitrogens with zero attached hydrogens (tertiary/aromatic N) is 3. The van der Waals surface area contributed by atoms with Crippen LogP contribution in [0.15, 0.2) is 47.1 Å². The van der Waals surface area contributed by atoms with E-state index >= 15 is 0 Å². The number of nitrogens with one attached hydrogen (secondary N) is 1. The highest BCUT2D eigenvalue weighted by Crippen LogP contribution is 2.26. The molecule has 21 heavy (non-hydrogen) atoms. The Morgan fingerprint density at radius 2 is 1.95 bits per heavy atom. The molecule has 5 heteroatoms. The van der Waals surface area contributed by atoms with Crippen LogP contribution in [0, 0.1) is 0 Å². The Morgan fingerprint density at radius 3 is 2.67 bits per heavy atom. The van der Waals surface area contributed by atoms with Crippen LogP contribution in [0.5, 0.6) is 0 Å². The van der Waals surface area contributed by atoms with Crippen molar-refractivity contribution in [2.24, 2.45) is 7.05 Å². The summed E-state index contributed by atoms with van der Waals surface area (Å²) in [6, 6.07) is 13.0. The third kappa shape index (κ3) is 2.84. The zero-order valence-electron chi connectivity index (χ0n) is 12.0. The molecule has 0 radical (unpaired) electrons. The molecule has 0 bridgehead atoms. The molecule has 3 rings (SSSR count). The fraction of sp³-hybridized carbons (Fsp3) is 0.250. The lowest BCUT2D eigenvalue weighted by Gasteiger charge is -2.18. The number of fused-ring (bicyclic) bond motifs is 1. The molecule has 0 spiro atoms. The monoisotopic (exact) mass is 344 g/mol. The summed E-state index contributed by atoms with van der Waals surface area (Å²) in [5.41, 5.74) is 2.28. The fourth-order valence-electron chi connectivity index (χ4n) is 2.57. The van der Waals surface area contributed by atoms with Gasteiger partial charge in [-0.05, 0) is 41.1 Å². The minimum absolute atomic E-state index is 0.100. The average Bonchev–Trinajstić information content (AvgIpc) is 2.90. The van der Waals surface area contributed by atoms with Crippen LogP contribution in [-0.4, -0.2) is 21.5 Å². The van der Waals surface area contributed by atoms with E-state index in [9.17, 15) is 0 Å². The predicted molar refractivity (Wildman–Crippen MR) is 88.2 cm³/mol. The van der Waals surface area contributed by atoms with Crippen molar-refractivity contribution >= 4 is 26.7 Å². The van der Waals surface area contributed by atoms with Gasteiger partial charge in [-0.1, -0.05) is 46.3 Å². The molecule has 1 aromatic heterocycles. The summed E-state index contributed by atoms with van der Waals surface area (Å²) in [5, 5.41) is 14.0. The summed E-state index contributed by atoms with van der Waals surface area (Å²) in [5.74, 6) is 0. The van der Waals surface area contributed by atoms with Crippen molar-refractivity contribution in [2.45, 2.75) is 13.0 Å². The molecule has 108 valence electrons. The summed E-state index contributed by atoms with van der Waals surface area (Å²) in [6.07, 6.45) is 1.82. The maximum atomic E-state index is 4.04. The van der Waals surface area contributed by atoms with Crippen molar-refractivity contribution in [3.05, 3.63) is 58.3 Å². The Kier molecular flexibility index (Phi) is 4.03. The molecular weight excluding hydrogens is 328 g/mol. The predicted octanol–water partition coefficient (Wildman–Crippen LogP) is 3.43. The van der Waals surface area contributed by atoms with Crippen LogP contribution in [-0.2, 0) is 7.05 Å². The van der Waals surface area contributed by atoms with Crippen molar-refractivity contribution in [3.63, 3.8) is 0 Å². The number of aryl methyl sites for hydroxylation is 1. The number of benzene rings is 2. The van der Waals surface area contributed by atoms with Crippen molar-refractivity contribution in [2.75, 3.05) is 6.54 Å². The van der Waals surface area contributed by atoms with E-state index in [0.717, 1.165) is 16.7 Å². The Labute approximate surface area is 132 Å². The molecule has 0 amide bonds. The Morgan fingerprint density at radius 1 is 1.19 bits per heavy atom. The van der Waals surface area contributed by atoms with Gasteiger partial charge in [0.1, 0.15) is 0 Å². The SMILES string of the molecule is CCNC(c1ccc2cc(Br)ccc2c1)c1cnnn1C. The number of hydrogen-bond donors (Lipinski definition) is 1. The molecule has 1 N–H and O–H groups in total. The van der Waals surface area contributed by atoms with Crippen LogP contribution >= 0.6 is 15.9 Å². The van der Waals surface area contributed by atoms with Crippen molar-refractivity contribution in [3.8, 4) is 0 Å². The van der Waals surface area contributed by atoms with E-state index in [1.165, 1.54) is 16.3 Å². The largest absolute Gasteiger partial charge is 0.305 e. The van der Waals surface area contributed by atoms with E-state index in [0.29, 0.717) is 0 Å². The third-order valence-corrected chi connectivity index (χ3v) is 4.11. The molecule has 1 atom stereocenters. The lowest BCUT2D eigenvalue weighted by atomic mass is 10.00. The van der Waals surface area contributed by atoms with Crippen LogP contribution in [0.3, 0.4) is 0 Å². The molecule has 1 heterocycles. The maximum Gasteiger partial charge on any atom is 0.0798 e. The second-order valence-electron chi connectivity index (χ2n) is 5.02. The van der Waals surface area contributed by atoms with Gasteiger partial charge < -0.3 is 5.32 Å². The number of rotatable bonds is 4. The first-order valence-corrected chi connectivity index (χ1v) is 7.75. The fourth-order valence-corrected chi connectivity index (χ4v) is 2.95. The van der Waals surface area contributed by atoms with Gasteiger partial charge in [-0.15, -0.1) is 5.10 Å². The second-order valence-corrected chi connectivity index (χ2v) is 5.94. The van der Waals surface area contributed by atoms with Crippen molar-refractivity contribution < 1.29 is 0 Å². The zero-order valence-corrected chi connectivity index (χ0v) is 13.6. The molecule has 0 aliphatic rings. The van der Waals surface area contributed by atoms with Crippen LogP contribution in [0.4, 0.5) is 0 Å². The summed E-state index contributed by atoms with van der Waals surface area (Å²) in [7, 11) is 1.92. The van der Waals surface area contributed by atoms with E-state index < -0.39 is 0 Å². The lowest BCUT2D eigenvalue weighted by molar-refractivity contribution is 0.568. The first-order chi connectivity index (χ1) is 10.2. The molecule has 2 aromatic carbocycles. The molecule has 4 nitrogen and oxygen atoms in total.